The first kappa shape index (κ1) is 14.5. The molecule has 0 saturated carbocycles. The van der Waals surface area contributed by atoms with Gasteiger partial charge >= 0.3 is 0 Å². The quantitative estimate of drug-likeness (QED) is 0.810. The van der Waals surface area contributed by atoms with Crippen LogP contribution in [0.25, 0.3) is 0 Å². The maximum absolute atomic E-state index is 12.2. The van der Waals surface area contributed by atoms with E-state index in [0.29, 0.717) is 0 Å². The van der Waals surface area contributed by atoms with E-state index in [9.17, 15) is 4.79 Å². The van der Waals surface area contributed by atoms with Crippen LogP contribution in [0.5, 0.6) is 0 Å². The number of hydrogen-bond acceptors (Lipinski definition) is 3. The molecule has 0 radical (unpaired) electrons. The van der Waals surface area contributed by atoms with Gasteiger partial charge in [0.15, 0.2) is 0 Å². The third kappa shape index (κ3) is 3.57. The molecule has 2 rings (SSSR count). The number of hydrogen-bond donors (Lipinski definition) is 1. The third-order valence-corrected chi connectivity index (χ3v) is 4.54. The van der Waals surface area contributed by atoms with Crippen LogP contribution in [0.1, 0.15) is 51.1 Å². The lowest BCUT2D eigenvalue weighted by Crippen LogP contribution is -2.31. The maximum Gasteiger partial charge on any atom is 0.241 e. The summed E-state index contributed by atoms with van der Waals surface area (Å²) in [4.78, 5) is 15.5. The standard InChI is InChI=1S/C15H24N2OS/c1-11(2)7-4-5-9-17-14(13-8-6-10-19-13)16-12(3)15(17)18/h6,8,10-12,14,16H,4-5,7,9H2,1-3H3. The Labute approximate surface area is 120 Å². The molecule has 19 heavy (non-hydrogen) atoms. The van der Waals surface area contributed by atoms with Crippen molar-refractivity contribution in [2.45, 2.75) is 52.2 Å². The molecule has 2 unspecified atom stereocenters. The fourth-order valence-electron chi connectivity index (χ4n) is 2.53. The first-order valence-electron chi connectivity index (χ1n) is 7.19. The van der Waals surface area contributed by atoms with Crippen molar-refractivity contribution in [1.82, 2.24) is 10.2 Å². The van der Waals surface area contributed by atoms with Gasteiger partial charge in [0.25, 0.3) is 0 Å². The van der Waals surface area contributed by atoms with Crippen LogP contribution < -0.4 is 5.32 Å². The highest BCUT2D eigenvalue weighted by Gasteiger charge is 2.36. The predicted octanol–water partition coefficient (Wildman–Crippen LogP) is 3.39. The lowest BCUT2D eigenvalue weighted by molar-refractivity contribution is -0.129. The molecule has 1 saturated heterocycles. The van der Waals surface area contributed by atoms with Crippen LogP contribution in [0.15, 0.2) is 17.5 Å². The van der Waals surface area contributed by atoms with Crippen molar-refractivity contribution in [3.63, 3.8) is 0 Å². The monoisotopic (exact) mass is 280 g/mol. The largest absolute Gasteiger partial charge is 0.321 e. The Kier molecular flexibility index (Phi) is 4.99. The van der Waals surface area contributed by atoms with E-state index in [-0.39, 0.29) is 18.1 Å². The maximum atomic E-state index is 12.2. The molecular formula is C15H24N2OS. The van der Waals surface area contributed by atoms with Gasteiger partial charge in [-0.25, -0.2) is 0 Å². The molecule has 2 heterocycles. The number of nitrogens with zero attached hydrogens (tertiary/aromatic N) is 1. The Morgan fingerprint density at radius 2 is 2.21 bits per heavy atom. The van der Waals surface area contributed by atoms with E-state index in [1.165, 1.54) is 17.7 Å². The van der Waals surface area contributed by atoms with E-state index in [1.54, 1.807) is 11.3 Å². The van der Waals surface area contributed by atoms with Gasteiger partial charge in [-0.05, 0) is 30.7 Å². The lowest BCUT2D eigenvalue weighted by Gasteiger charge is -2.23. The summed E-state index contributed by atoms with van der Waals surface area (Å²) in [6.07, 6.45) is 3.63. The number of amides is 1. The van der Waals surface area contributed by atoms with Gasteiger partial charge < -0.3 is 4.90 Å². The molecule has 106 valence electrons. The second-order valence-electron chi connectivity index (χ2n) is 5.73. The molecule has 2 atom stereocenters. The first-order valence-corrected chi connectivity index (χ1v) is 8.07. The summed E-state index contributed by atoms with van der Waals surface area (Å²) < 4.78 is 0. The molecule has 0 spiro atoms. The molecule has 1 aliphatic heterocycles. The summed E-state index contributed by atoms with van der Waals surface area (Å²) in [7, 11) is 0. The van der Waals surface area contributed by atoms with Gasteiger partial charge in [-0.2, -0.15) is 0 Å². The second kappa shape index (κ2) is 6.53. The van der Waals surface area contributed by atoms with E-state index in [4.69, 9.17) is 0 Å². The van der Waals surface area contributed by atoms with Crippen LogP contribution in [0.4, 0.5) is 0 Å². The normalized spacial score (nSPS) is 23.6. The number of thiophene rings is 1. The van der Waals surface area contributed by atoms with Gasteiger partial charge in [0.05, 0.1) is 6.04 Å². The average molecular weight is 280 g/mol. The highest BCUT2D eigenvalue weighted by molar-refractivity contribution is 7.10. The van der Waals surface area contributed by atoms with Crippen LogP contribution in [0.3, 0.4) is 0 Å². The Balaban J connectivity index is 1.93. The summed E-state index contributed by atoms with van der Waals surface area (Å²) in [6.45, 7) is 7.32. The van der Waals surface area contributed by atoms with Crippen LogP contribution in [-0.4, -0.2) is 23.4 Å². The van der Waals surface area contributed by atoms with Gasteiger partial charge in [-0.15, -0.1) is 11.3 Å². The number of carbonyl (C=O) groups excluding carboxylic acids is 1. The van der Waals surface area contributed by atoms with Crippen LogP contribution in [0.2, 0.25) is 0 Å². The Morgan fingerprint density at radius 3 is 2.84 bits per heavy atom. The molecule has 3 nitrogen and oxygen atoms in total. The molecular weight excluding hydrogens is 256 g/mol. The minimum absolute atomic E-state index is 0.0581. The van der Waals surface area contributed by atoms with Crippen LogP contribution in [-0.2, 0) is 4.79 Å². The molecule has 1 aromatic heterocycles. The van der Waals surface area contributed by atoms with Gasteiger partial charge in [0, 0.05) is 11.4 Å². The Bertz CT molecular complexity index is 402. The summed E-state index contributed by atoms with van der Waals surface area (Å²) in [5.41, 5.74) is 0. The van der Waals surface area contributed by atoms with Gasteiger partial charge in [0.1, 0.15) is 6.17 Å². The molecule has 1 aliphatic rings. The summed E-state index contributed by atoms with van der Waals surface area (Å²) in [5.74, 6) is 0.988. The van der Waals surface area contributed by atoms with Crippen molar-refractivity contribution < 1.29 is 4.79 Å². The number of unbranched alkanes of at least 4 members (excludes halogenated alkanes) is 1. The van der Waals surface area contributed by atoms with Crippen molar-refractivity contribution in [3.05, 3.63) is 22.4 Å². The fourth-order valence-corrected chi connectivity index (χ4v) is 3.33. The minimum atomic E-state index is -0.0581. The number of carbonyl (C=O) groups is 1. The molecule has 0 bridgehead atoms. The lowest BCUT2D eigenvalue weighted by atomic mass is 10.1. The van der Waals surface area contributed by atoms with E-state index >= 15 is 0 Å². The van der Waals surface area contributed by atoms with E-state index in [2.05, 4.69) is 30.6 Å². The Hall–Kier alpha value is -0.870. The number of nitrogens with one attached hydrogen (secondary N) is 1. The molecule has 0 aromatic carbocycles. The van der Waals surface area contributed by atoms with Gasteiger partial charge in [-0.1, -0.05) is 32.8 Å². The molecule has 0 aliphatic carbocycles. The smallest absolute Gasteiger partial charge is 0.241 e. The average Bonchev–Trinajstić information content (AvgIpc) is 2.96. The van der Waals surface area contributed by atoms with Crippen molar-refractivity contribution in [1.29, 1.82) is 0 Å². The van der Waals surface area contributed by atoms with Crippen molar-refractivity contribution in [2.24, 2.45) is 5.92 Å². The van der Waals surface area contributed by atoms with Crippen molar-refractivity contribution in [3.8, 4) is 0 Å². The highest BCUT2D eigenvalue weighted by atomic mass is 32.1. The predicted molar refractivity (Wildman–Crippen MR) is 80.1 cm³/mol. The SMILES string of the molecule is CC(C)CCCCN1C(=O)C(C)NC1c1cccs1. The molecule has 1 aromatic rings. The third-order valence-electron chi connectivity index (χ3n) is 3.62. The summed E-state index contributed by atoms with van der Waals surface area (Å²) >= 11 is 1.72. The van der Waals surface area contributed by atoms with E-state index in [1.807, 2.05) is 17.9 Å². The van der Waals surface area contributed by atoms with Gasteiger partial charge in [0.2, 0.25) is 5.91 Å². The Morgan fingerprint density at radius 1 is 1.42 bits per heavy atom. The fraction of sp³-hybridized carbons (Fsp3) is 0.667. The van der Waals surface area contributed by atoms with E-state index in [0.717, 1.165) is 18.9 Å². The topological polar surface area (TPSA) is 32.3 Å². The molecule has 4 heteroatoms. The highest BCUT2D eigenvalue weighted by Crippen LogP contribution is 2.28. The molecule has 1 amide bonds. The van der Waals surface area contributed by atoms with Crippen molar-refractivity contribution >= 4 is 17.2 Å². The second-order valence-corrected chi connectivity index (χ2v) is 6.71. The van der Waals surface area contributed by atoms with E-state index < -0.39 is 0 Å². The molecule has 1 N–H and O–H groups in total. The zero-order valence-electron chi connectivity index (χ0n) is 12.1. The minimum Gasteiger partial charge on any atom is -0.321 e. The molecule has 1 fully saturated rings. The zero-order chi connectivity index (χ0) is 13.8. The number of rotatable bonds is 6. The summed E-state index contributed by atoms with van der Waals surface area (Å²) in [5, 5.41) is 5.46. The van der Waals surface area contributed by atoms with Crippen LogP contribution in [0, 0.1) is 5.92 Å². The zero-order valence-corrected chi connectivity index (χ0v) is 12.9. The van der Waals surface area contributed by atoms with Crippen LogP contribution >= 0.6 is 11.3 Å². The van der Waals surface area contributed by atoms with Crippen molar-refractivity contribution in [2.75, 3.05) is 6.54 Å². The van der Waals surface area contributed by atoms with Gasteiger partial charge in [-0.3, -0.25) is 10.1 Å². The first-order chi connectivity index (χ1) is 9.09. The summed E-state index contributed by atoms with van der Waals surface area (Å²) in [6, 6.07) is 4.10.